The largest absolute Gasteiger partial charge is 0.478 e. The maximum Gasteiger partial charge on any atom is 0.408 e. The van der Waals surface area contributed by atoms with Gasteiger partial charge in [0, 0.05) is 28.3 Å². The summed E-state index contributed by atoms with van der Waals surface area (Å²) < 4.78 is 40.1. The molecule has 1 N–H and O–H groups in total. The molecule has 6 nitrogen and oxygen atoms in total. The second kappa shape index (κ2) is 8.85. The van der Waals surface area contributed by atoms with Crippen LogP contribution in [0.4, 0.5) is 13.6 Å². The first-order valence-corrected chi connectivity index (χ1v) is 10.8. The molecule has 0 bridgehead atoms. The predicted octanol–water partition coefficient (Wildman–Crippen LogP) is 6.05. The summed E-state index contributed by atoms with van der Waals surface area (Å²) in [5.41, 5.74) is -0.107. The third-order valence-corrected chi connectivity index (χ3v) is 5.28. The van der Waals surface area contributed by atoms with Gasteiger partial charge in [-0.05, 0) is 56.8 Å². The third kappa shape index (κ3) is 4.35. The first-order chi connectivity index (χ1) is 16.1. The number of rotatable bonds is 5. The van der Waals surface area contributed by atoms with Crippen LogP contribution in [0.25, 0.3) is 16.6 Å². The highest BCUT2D eigenvalue weighted by Crippen LogP contribution is 2.42. The molecule has 8 heteroatoms. The molecule has 0 spiro atoms. The number of benzene rings is 2. The van der Waals surface area contributed by atoms with E-state index in [2.05, 4.69) is 10.3 Å². The van der Waals surface area contributed by atoms with Crippen molar-refractivity contribution in [2.75, 3.05) is 6.61 Å². The van der Waals surface area contributed by atoms with Crippen LogP contribution in [0.3, 0.4) is 0 Å². The van der Waals surface area contributed by atoms with Gasteiger partial charge < -0.3 is 14.8 Å². The molecule has 34 heavy (non-hydrogen) atoms. The molecule has 1 aliphatic carbocycles. The maximum absolute atomic E-state index is 14.8. The van der Waals surface area contributed by atoms with Crippen molar-refractivity contribution in [3.63, 3.8) is 0 Å². The van der Waals surface area contributed by atoms with Gasteiger partial charge in [0.2, 0.25) is 5.88 Å². The Kier molecular flexibility index (Phi) is 6.08. The minimum absolute atomic E-state index is 0.0821. The molecule has 1 amide bonds. The molecular formula is C26H24F2N2O4. The van der Waals surface area contributed by atoms with Crippen molar-refractivity contribution in [2.24, 2.45) is 0 Å². The topological polar surface area (TPSA) is 77.5 Å². The van der Waals surface area contributed by atoms with Crippen LogP contribution in [-0.4, -0.2) is 29.1 Å². The van der Waals surface area contributed by atoms with E-state index < -0.39 is 29.4 Å². The van der Waals surface area contributed by atoms with Crippen molar-refractivity contribution in [3.05, 3.63) is 76.7 Å². The molecule has 1 atom stereocenters. The normalized spacial score (nSPS) is 15.3. The third-order valence-electron chi connectivity index (χ3n) is 5.28. The summed E-state index contributed by atoms with van der Waals surface area (Å²) >= 11 is 0. The molecule has 4 rings (SSSR count). The first kappa shape index (κ1) is 23.4. The Morgan fingerprint density at radius 1 is 1.09 bits per heavy atom. The number of aromatic nitrogens is 1. The summed E-state index contributed by atoms with van der Waals surface area (Å²) in [6.45, 7) is 7.26. The Labute approximate surface area is 195 Å². The average Bonchev–Trinajstić information content (AvgIpc) is 3.02. The lowest BCUT2D eigenvalue weighted by molar-refractivity contribution is 0.0507. The van der Waals surface area contributed by atoms with Crippen molar-refractivity contribution < 1.29 is 27.8 Å². The summed E-state index contributed by atoms with van der Waals surface area (Å²) in [6.07, 6.45) is 0.681. The van der Waals surface area contributed by atoms with Gasteiger partial charge in [-0.1, -0.05) is 24.3 Å². The van der Waals surface area contributed by atoms with Gasteiger partial charge in [-0.2, -0.15) is 0 Å². The second-order valence-electron chi connectivity index (χ2n) is 8.82. The average molecular weight is 466 g/mol. The molecule has 0 aliphatic heterocycles. The van der Waals surface area contributed by atoms with Crippen molar-refractivity contribution in [2.45, 2.75) is 39.3 Å². The van der Waals surface area contributed by atoms with E-state index in [4.69, 9.17) is 9.47 Å². The van der Waals surface area contributed by atoms with Crippen LogP contribution in [0.1, 0.15) is 60.8 Å². The summed E-state index contributed by atoms with van der Waals surface area (Å²) in [5, 5.41) is 3.67. The quantitative estimate of drug-likeness (QED) is 0.463. The fraction of sp³-hybridized carbons (Fsp3) is 0.269. The number of nitrogens with one attached hydrogen (secondary N) is 1. The predicted molar refractivity (Wildman–Crippen MR) is 124 cm³/mol. The first-order valence-electron chi connectivity index (χ1n) is 10.8. The Morgan fingerprint density at radius 3 is 2.56 bits per heavy atom. The monoisotopic (exact) mass is 466 g/mol. The number of alkyl carbamates (subject to hydrolysis) is 1. The van der Waals surface area contributed by atoms with Crippen LogP contribution >= 0.6 is 0 Å². The molecule has 3 aromatic rings. The van der Waals surface area contributed by atoms with Crippen molar-refractivity contribution in [1.82, 2.24) is 10.3 Å². The van der Waals surface area contributed by atoms with E-state index in [0.29, 0.717) is 28.8 Å². The van der Waals surface area contributed by atoms with Gasteiger partial charge in [-0.25, -0.2) is 18.6 Å². The van der Waals surface area contributed by atoms with E-state index in [0.717, 1.165) is 0 Å². The molecule has 176 valence electrons. The van der Waals surface area contributed by atoms with Crippen LogP contribution in [-0.2, 0) is 4.74 Å². The van der Waals surface area contributed by atoms with E-state index in [1.54, 1.807) is 51.2 Å². The van der Waals surface area contributed by atoms with E-state index in [1.807, 2.05) is 6.92 Å². The van der Waals surface area contributed by atoms with E-state index in [-0.39, 0.29) is 22.5 Å². The van der Waals surface area contributed by atoms with E-state index in [9.17, 15) is 18.4 Å². The van der Waals surface area contributed by atoms with E-state index >= 15 is 0 Å². The fourth-order valence-corrected chi connectivity index (χ4v) is 3.88. The van der Waals surface area contributed by atoms with Crippen LogP contribution in [0.15, 0.2) is 54.5 Å². The zero-order valence-electron chi connectivity index (χ0n) is 19.2. The lowest BCUT2D eigenvalue weighted by Crippen LogP contribution is -2.34. The number of halogens is 2. The van der Waals surface area contributed by atoms with Gasteiger partial charge in [0.05, 0.1) is 6.61 Å². The van der Waals surface area contributed by atoms with Gasteiger partial charge in [-0.3, -0.25) is 4.79 Å². The lowest BCUT2D eigenvalue weighted by Gasteiger charge is -2.22. The minimum Gasteiger partial charge on any atom is -0.478 e. The smallest absolute Gasteiger partial charge is 0.408 e. The number of ketones is 1. The molecule has 1 heterocycles. The summed E-state index contributed by atoms with van der Waals surface area (Å²) in [7, 11) is 0. The highest BCUT2D eigenvalue weighted by molar-refractivity contribution is 6.17. The molecule has 2 aromatic carbocycles. The zero-order valence-corrected chi connectivity index (χ0v) is 19.2. The summed E-state index contributed by atoms with van der Waals surface area (Å²) in [6, 6.07) is 9.78. The van der Waals surface area contributed by atoms with Crippen molar-refractivity contribution >= 4 is 28.5 Å². The number of carbonyl (C=O) groups is 2. The maximum atomic E-state index is 14.8. The van der Waals surface area contributed by atoms with Gasteiger partial charge in [0.15, 0.2) is 17.4 Å². The Hall–Kier alpha value is -3.81. The van der Waals surface area contributed by atoms with Crippen LogP contribution in [0.2, 0.25) is 0 Å². The molecule has 0 unspecified atom stereocenters. The number of nitrogens with zero attached hydrogens (tertiary/aromatic N) is 1. The molecule has 1 aliphatic rings. The number of carbonyl (C=O) groups excluding carboxylic acids is 2. The molecule has 0 radical (unpaired) electrons. The fourth-order valence-electron chi connectivity index (χ4n) is 3.88. The molecule has 0 fully saturated rings. The van der Waals surface area contributed by atoms with Crippen molar-refractivity contribution in [3.8, 4) is 5.88 Å². The number of fused-ring (bicyclic) bond motifs is 2. The highest BCUT2D eigenvalue weighted by atomic mass is 19.2. The summed E-state index contributed by atoms with van der Waals surface area (Å²) in [4.78, 5) is 29.7. The zero-order chi connectivity index (χ0) is 24.6. The molecule has 0 saturated heterocycles. The standard InChI is InChI=1S/C26H24F2N2O4/c1-5-33-24-18-8-6-7-17(15(18)11-12-29-24)23(31)14-9-10-16-19(13-14)20(27)21(28)22(16)30-25(32)34-26(2,3)4/h6-13,22H,5H2,1-4H3,(H,30,32)/t22-/m0/s1. The van der Waals surface area contributed by atoms with Crippen LogP contribution in [0, 0.1) is 0 Å². The minimum atomic E-state index is -1.33. The van der Waals surface area contributed by atoms with Gasteiger partial charge in [0.1, 0.15) is 11.6 Å². The van der Waals surface area contributed by atoms with Crippen LogP contribution < -0.4 is 10.1 Å². The Balaban J connectivity index is 1.68. The van der Waals surface area contributed by atoms with Gasteiger partial charge in [0.25, 0.3) is 0 Å². The SMILES string of the molecule is CCOc1nccc2c(C(=O)c3ccc4c(c3)C(F)=C(F)[C@H]4NC(=O)OC(C)(C)C)cccc12. The van der Waals surface area contributed by atoms with Gasteiger partial charge >= 0.3 is 6.09 Å². The van der Waals surface area contributed by atoms with Crippen molar-refractivity contribution in [1.29, 1.82) is 0 Å². The number of hydrogen-bond acceptors (Lipinski definition) is 5. The number of amides is 1. The lowest BCUT2D eigenvalue weighted by atomic mass is 9.95. The highest BCUT2D eigenvalue weighted by Gasteiger charge is 2.35. The molecule has 1 aromatic heterocycles. The Morgan fingerprint density at radius 2 is 1.85 bits per heavy atom. The Bertz CT molecular complexity index is 1330. The van der Waals surface area contributed by atoms with Crippen LogP contribution in [0.5, 0.6) is 5.88 Å². The summed E-state index contributed by atoms with van der Waals surface area (Å²) in [5.74, 6) is -2.20. The molecular weight excluding hydrogens is 442 g/mol. The second-order valence-corrected chi connectivity index (χ2v) is 8.82. The van der Waals surface area contributed by atoms with Gasteiger partial charge in [-0.15, -0.1) is 0 Å². The number of hydrogen-bond donors (Lipinski definition) is 1. The number of ether oxygens (including phenoxy) is 2. The van der Waals surface area contributed by atoms with E-state index in [1.165, 1.54) is 18.2 Å². The molecule has 0 saturated carbocycles. The number of pyridine rings is 1.